The van der Waals surface area contributed by atoms with Gasteiger partial charge in [0.05, 0.1) is 17.7 Å². The van der Waals surface area contributed by atoms with Crippen LogP contribution >= 0.6 is 0 Å². The highest BCUT2D eigenvalue weighted by atomic mass is 16.5. The van der Waals surface area contributed by atoms with E-state index in [0.29, 0.717) is 36.1 Å². The van der Waals surface area contributed by atoms with Crippen molar-refractivity contribution in [2.75, 3.05) is 6.61 Å². The van der Waals surface area contributed by atoms with Gasteiger partial charge < -0.3 is 9.30 Å². The first kappa shape index (κ1) is 19.4. The van der Waals surface area contributed by atoms with Crippen molar-refractivity contribution in [3.05, 3.63) is 82.8 Å². The van der Waals surface area contributed by atoms with Gasteiger partial charge >= 0.3 is 0 Å². The van der Waals surface area contributed by atoms with E-state index in [1.54, 1.807) is 36.1 Å². The molecule has 0 radical (unpaired) electrons. The number of nitrogens with zero attached hydrogens (tertiary/aromatic N) is 4. The number of fused-ring (bicyclic) bond motifs is 1. The first-order valence-corrected chi connectivity index (χ1v) is 10.5. The topological polar surface area (TPSA) is 69.9 Å². The van der Waals surface area contributed by atoms with Crippen molar-refractivity contribution in [2.45, 2.75) is 19.8 Å². The van der Waals surface area contributed by atoms with Gasteiger partial charge in [0.25, 0.3) is 0 Å². The molecule has 3 atom stereocenters. The van der Waals surface area contributed by atoms with Crippen LogP contribution in [0.2, 0.25) is 0 Å². The average molecular weight is 412 g/mol. The number of hydrogen-bond acceptors (Lipinski definition) is 5. The summed E-state index contributed by atoms with van der Waals surface area (Å²) < 4.78 is 7.75. The number of para-hydroxylation sites is 1. The van der Waals surface area contributed by atoms with Crippen molar-refractivity contribution in [3.63, 3.8) is 0 Å². The van der Waals surface area contributed by atoms with Gasteiger partial charge in [0.1, 0.15) is 5.82 Å². The summed E-state index contributed by atoms with van der Waals surface area (Å²) in [5, 5.41) is 1.16. The Kier molecular flexibility index (Phi) is 4.77. The van der Waals surface area contributed by atoms with Crippen LogP contribution in [0.4, 0.5) is 0 Å². The van der Waals surface area contributed by atoms with Gasteiger partial charge in [-0.25, -0.2) is 4.98 Å². The number of hydrogen-bond donors (Lipinski definition) is 0. The Bertz CT molecular complexity index is 1330. The maximum Gasteiger partial charge on any atom is 0.250 e. The summed E-state index contributed by atoms with van der Waals surface area (Å²) in [5.74, 6) is 2.47. The third-order valence-corrected chi connectivity index (χ3v) is 6.21. The summed E-state index contributed by atoms with van der Waals surface area (Å²) in [6, 6.07) is 15.8. The SMILES string of the molecule is Cc1ncc(-c2ccc(=O)n(C)c2)c(OCC2C(C)C2c2ccc3ccccc3n2)n1. The van der Waals surface area contributed by atoms with E-state index in [0.717, 1.165) is 27.7 Å². The minimum atomic E-state index is -0.0585. The van der Waals surface area contributed by atoms with Gasteiger partial charge in [0, 0.05) is 54.0 Å². The largest absolute Gasteiger partial charge is 0.477 e. The van der Waals surface area contributed by atoms with Crippen molar-refractivity contribution in [3.8, 4) is 17.0 Å². The quantitative estimate of drug-likeness (QED) is 0.493. The van der Waals surface area contributed by atoms with Crippen molar-refractivity contribution < 1.29 is 4.74 Å². The van der Waals surface area contributed by atoms with Gasteiger partial charge in [-0.1, -0.05) is 31.2 Å². The molecule has 1 fully saturated rings. The average Bonchev–Trinajstić information content (AvgIpc) is 3.43. The Morgan fingerprint density at radius 3 is 2.74 bits per heavy atom. The molecular formula is C25H24N4O2. The second-order valence-corrected chi connectivity index (χ2v) is 8.29. The lowest BCUT2D eigenvalue weighted by molar-refractivity contribution is 0.280. The molecule has 6 nitrogen and oxygen atoms in total. The summed E-state index contributed by atoms with van der Waals surface area (Å²) in [4.78, 5) is 25.5. The minimum absolute atomic E-state index is 0.0585. The van der Waals surface area contributed by atoms with Crippen LogP contribution in [-0.2, 0) is 7.05 Å². The molecule has 1 aliphatic rings. The van der Waals surface area contributed by atoms with Crippen LogP contribution in [0, 0.1) is 18.8 Å². The second-order valence-electron chi connectivity index (χ2n) is 8.29. The molecule has 3 heterocycles. The van der Waals surface area contributed by atoms with Crippen molar-refractivity contribution >= 4 is 10.9 Å². The molecule has 4 aromatic rings. The van der Waals surface area contributed by atoms with E-state index in [4.69, 9.17) is 9.72 Å². The molecule has 1 aromatic carbocycles. The molecule has 156 valence electrons. The Labute approximate surface area is 180 Å². The highest BCUT2D eigenvalue weighted by Gasteiger charge is 2.49. The lowest BCUT2D eigenvalue weighted by atomic mass is 10.1. The lowest BCUT2D eigenvalue weighted by Crippen LogP contribution is -2.14. The molecule has 0 aliphatic heterocycles. The molecule has 5 rings (SSSR count). The van der Waals surface area contributed by atoms with Gasteiger partial charge in [0.15, 0.2) is 0 Å². The summed E-state index contributed by atoms with van der Waals surface area (Å²) in [6.45, 7) is 4.66. The molecule has 31 heavy (non-hydrogen) atoms. The van der Waals surface area contributed by atoms with Crippen LogP contribution in [0.15, 0.2) is 65.7 Å². The number of ether oxygens (including phenoxy) is 1. The van der Waals surface area contributed by atoms with Crippen LogP contribution in [0.3, 0.4) is 0 Å². The molecule has 3 aromatic heterocycles. The molecule has 1 saturated carbocycles. The van der Waals surface area contributed by atoms with E-state index in [1.807, 2.05) is 19.1 Å². The van der Waals surface area contributed by atoms with Gasteiger partial charge in [-0.3, -0.25) is 9.78 Å². The molecule has 0 bridgehead atoms. The zero-order chi connectivity index (χ0) is 21.5. The molecule has 0 amide bonds. The number of rotatable bonds is 5. The summed E-state index contributed by atoms with van der Waals surface area (Å²) >= 11 is 0. The fourth-order valence-electron chi connectivity index (χ4n) is 4.24. The third-order valence-electron chi connectivity index (χ3n) is 6.21. The Morgan fingerprint density at radius 2 is 1.90 bits per heavy atom. The monoisotopic (exact) mass is 412 g/mol. The maximum atomic E-state index is 11.7. The van der Waals surface area contributed by atoms with Crippen molar-refractivity contribution in [1.82, 2.24) is 19.5 Å². The molecule has 1 aliphatic carbocycles. The zero-order valence-electron chi connectivity index (χ0n) is 17.8. The van der Waals surface area contributed by atoms with Gasteiger partial charge in [-0.05, 0) is 31.0 Å². The van der Waals surface area contributed by atoms with E-state index < -0.39 is 0 Å². The maximum absolute atomic E-state index is 11.7. The molecule has 0 saturated heterocycles. The van der Waals surface area contributed by atoms with Crippen LogP contribution in [0.1, 0.15) is 24.4 Å². The van der Waals surface area contributed by atoms with E-state index >= 15 is 0 Å². The number of pyridine rings is 2. The lowest BCUT2D eigenvalue weighted by Gasteiger charge is -2.12. The summed E-state index contributed by atoms with van der Waals surface area (Å²) in [6.07, 6.45) is 3.54. The first-order chi connectivity index (χ1) is 15.0. The number of aromatic nitrogens is 4. The van der Waals surface area contributed by atoms with E-state index in [1.165, 1.54) is 0 Å². The smallest absolute Gasteiger partial charge is 0.250 e. The fraction of sp³-hybridized carbons (Fsp3) is 0.280. The number of benzene rings is 1. The zero-order valence-corrected chi connectivity index (χ0v) is 17.8. The Balaban J connectivity index is 1.37. The van der Waals surface area contributed by atoms with Crippen molar-refractivity contribution in [1.29, 1.82) is 0 Å². The predicted octanol–water partition coefficient (Wildman–Crippen LogP) is 4.13. The summed E-state index contributed by atoms with van der Waals surface area (Å²) in [7, 11) is 1.73. The predicted molar refractivity (Wildman–Crippen MR) is 120 cm³/mol. The first-order valence-electron chi connectivity index (χ1n) is 10.5. The van der Waals surface area contributed by atoms with Gasteiger partial charge in [-0.2, -0.15) is 4.98 Å². The van der Waals surface area contributed by atoms with E-state index in [2.05, 4.69) is 41.2 Å². The van der Waals surface area contributed by atoms with E-state index in [-0.39, 0.29) is 5.56 Å². The Hall–Kier alpha value is -3.54. The van der Waals surface area contributed by atoms with Gasteiger partial charge in [0.2, 0.25) is 11.4 Å². The van der Waals surface area contributed by atoms with Crippen LogP contribution in [-0.4, -0.2) is 26.1 Å². The second kappa shape index (κ2) is 7.61. The normalized spacial score (nSPS) is 20.0. The highest BCUT2D eigenvalue weighted by molar-refractivity contribution is 5.78. The molecule has 0 N–H and O–H groups in total. The molecule has 0 spiro atoms. The van der Waals surface area contributed by atoms with Crippen LogP contribution < -0.4 is 10.3 Å². The number of aryl methyl sites for hydroxylation is 2. The minimum Gasteiger partial charge on any atom is -0.477 e. The Morgan fingerprint density at radius 1 is 1.06 bits per heavy atom. The van der Waals surface area contributed by atoms with Crippen LogP contribution in [0.5, 0.6) is 5.88 Å². The van der Waals surface area contributed by atoms with Gasteiger partial charge in [-0.15, -0.1) is 0 Å². The van der Waals surface area contributed by atoms with Crippen molar-refractivity contribution in [2.24, 2.45) is 18.9 Å². The summed E-state index contributed by atoms with van der Waals surface area (Å²) in [5.41, 5.74) is 3.74. The van der Waals surface area contributed by atoms with Crippen LogP contribution in [0.25, 0.3) is 22.0 Å². The third kappa shape index (κ3) is 3.69. The molecule has 3 unspecified atom stereocenters. The highest BCUT2D eigenvalue weighted by Crippen LogP contribution is 2.53. The fourth-order valence-corrected chi connectivity index (χ4v) is 4.24. The standard InChI is InChI=1S/C25H24N4O2/c1-15-20(24(15)22-10-8-17-6-4-5-7-21(17)28-22)14-31-25-19(12-26-16(2)27-25)18-9-11-23(30)29(3)13-18/h4-13,15,20,24H,14H2,1-3H3. The van der Waals surface area contributed by atoms with E-state index in [9.17, 15) is 4.79 Å². The molecule has 6 heteroatoms. The molecular weight excluding hydrogens is 388 g/mol.